The second-order valence-corrected chi connectivity index (χ2v) is 6.22. The maximum atomic E-state index is 12.1. The van der Waals surface area contributed by atoms with Crippen molar-refractivity contribution in [3.63, 3.8) is 0 Å². The van der Waals surface area contributed by atoms with Crippen LogP contribution in [0.4, 0.5) is 0 Å². The van der Waals surface area contributed by atoms with Crippen LogP contribution in [0.5, 0.6) is 5.75 Å². The van der Waals surface area contributed by atoms with Crippen molar-refractivity contribution in [2.45, 2.75) is 6.42 Å². The zero-order valence-corrected chi connectivity index (χ0v) is 15.7. The summed E-state index contributed by atoms with van der Waals surface area (Å²) in [4.78, 5) is 24.0. The predicted molar refractivity (Wildman–Crippen MR) is 102 cm³/mol. The van der Waals surface area contributed by atoms with E-state index < -0.39 is 0 Å². The van der Waals surface area contributed by atoms with Crippen LogP contribution in [0.1, 0.15) is 15.9 Å². The fourth-order valence-corrected chi connectivity index (χ4v) is 2.56. The highest BCUT2D eigenvalue weighted by molar-refractivity contribution is 9.10. The van der Waals surface area contributed by atoms with Gasteiger partial charge < -0.3 is 4.74 Å². The van der Waals surface area contributed by atoms with Crippen molar-refractivity contribution in [3.8, 4) is 5.75 Å². The molecule has 0 radical (unpaired) electrons. The van der Waals surface area contributed by atoms with Crippen LogP contribution in [0.15, 0.2) is 53.0 Å². The molecule has 0 bridgehead atoms. The lowest BCUT2D eigenvalue weighted by molar-refractivity contribution is -0.121. The summed E-state index contributed by atoms with van der Waals surface area (Å²) >= 11 is 8.29. The molecule has 0 saturated carbocycles. The van der Waals surface area contributed by atoms with Gasteiger partial charge in [-0.2, -0.15) is 0 Å². The van der Waals surface area contributed by atoms with Gasteiger partial charge in [0, 0.05) is 4.47 Å². The smallest absolute Gasteiger partial charge is 0.258 e. The van der Waals surface area contributed by atoms with Gasteiger partial charge in [0.25, 0.3) is 5.91 Å². The summed E-state index contributed by atoms with van der Waals surface area (Å²) in [5.74, 6) is 0.0512. The van der Waals surface area contributed by atoms with E-state index in [1.54, 1.807) is 55.6 Å². The average molecular weight is 422 g/mol. The first-order chi connectivity index (χ1) is 12.0. The quantitative estimate of drug-likeness (QED) is 0.521. The van der Waals surface area contributed by atoms with E-state index in [-0.39, 0.29) is 23.3 Å². The molecule has 130 valence electrons. The molecule has 0 unspecified atom stereocenters. The van der Waals surface area contributed by atoms with Crippen molar-refractivity contribution >= 4 is 45.1 Å². The zero-order valence-electron chi connectivity index (χ0n) is 13.3. The zero-order chi connectivity index (χ0) is 18.2. The number of hydrogen-bond acceptors (Lipinski definition) is 4. The Bertz CT molecular complexity index is 781. The summed E-state index contributed by atoms with van der Waals surface area (Å²) in [6, 6.07) is 14.1. The maximum absolute atomic E-state index is 12.1. The molecule has 3 N–H and O–H groups in total. The van der Waals surface area contributed by atoms with Crippen molar-refractivity contribution in [3.05, 3.63) is 64.1 Å². The SMILES string of the molecule is COc1ccc(CC(=O)NNC(=S)NC(=O)c2ccccc2Br)cc1. The third-order valence-corrected chi connectivity index (χ3v) is 4.08. The number of benzene rings is 2. The lowest BCUT2D eigenvalue weighted by Gasteiger charge is -2.11. The maximum Gasteiger partial charge on any atom is 0.258 e. The number of amides is 2. The minimum Gasteiger partial charge on any atom is -0.497 e. The van der Waals surface area contributed by atoms with E-state index in [9.17, 15) is 9.59 Å². The molecular weight excluding hydrogens is 406 g/mol. The van der Waals surface area contributed by atoms with Crippen LogP contribution < -0.4 is 20.9 Å². The number of hydrogen-bond donors (Lipinski definition) is 3. The lowest BCUT2D eigenvalue weighted by atomic mass is 10.1. The highest BCUT2D eigenvalue weighted by Gasteiger charge is 2.11. The molecule has 0 fully saturated rings. The van der Waals surface area contributed by atoms with Gasteiger partial charge in [0.1, 0.15) is 5.75 Å². The Kier molecular flexibility index (Phi) is 6.91. The van der Waals surface area contributed by atoms with Crippen LogP contribution in [-0.2, 0) is 11.2 Å². The normalized spacial score (nSPS) is 9.84. The van der Waals surface area contributed by atoms with Gasteiger partial charge in [-0.3, -0.25) is 25.8 Å². The molecule has 0 saturated heterocycles. The first-order valence-corrected chi connectivity index (χ1v) is 8.47. The molecule has 0 aliphatic heterocycles. The summed E-state index contributed by atoms with van der Waals surface area (Å²) in [5.41, 5.74) is 6.21. The van der Waals surface area contributed by atoms with Crippen molar-refractivity contribution in [1.82, 2.24) is 16.2 Å². The molecule has 6 nitrogen and oxygen atoms in total. The number of carbonyl (C=O) groups excluding carboxylic acids is 2. The summed E-state index contributed by atoms with van der Waals surface area (Å²) in [5, 5.41) is 2.50. The van der Waals surface area contributed by atoms with E-state index in [1.807, 2.05) is 0 Å². The fraction of sp³-hybridized carbons (Fsp3) is 0.118. The van der Waals surface area contributed by atoms with E-state index in [0.29, 0.717) is 10.0 Å². The van der Waals surface area contributed by atoms with Crippen molar-refractivity contribution in [2.75, 3.05) is 7.11 Å². The van der Waals surface area contributed by atoms with Crippen LogP contribution in [0.3, 0.4) is 0 Å². The van der Waals surface area contributed by atoms with E-state index >= 15 is 0 Å². The Balaban J connectivity index is 1.80. The van der Waals surface area contributed by atoms with Gasteiger partial charge in [0.15, 0.2) is 5.11 Å². The lowest BCUT2D eigenvalue weighted by Crippen LogP contribution is -2.48. The second kappa shape index (κ2) is 9.14. The summed E-state index contributed by atoms with van der Waals surface area (Å²) in [7, 11) is 1.58. The summed E-state index contributed by atoms with van der Waals surface area (Å²) in [6.07, 6.45) is 0.164. The topological polar surface area (TPSA) is 79.5 Å². The Morgan fingerprint density at radius 1 is 1.08 bits per heavy atom. The van der Waals surface area contributed by atoms with Gasteiger partial charge in [-0.25, -0.2) is 0 Å². The first-order valence-electron chi connectivity index (χ1n) is 7.27. The fourth-order valence-electron chi connectivity index (χ4n) is 1.95. The Hall–Kier alpha value is -2.45. The van der Waals surface area contributed by atoms with E-state index in [4.69, 9.17) is 17.0 Å². The third-order valence-electron chi connectivity index (χ3n) is 3.18. The third kappa shape index (κ3) is 5.84. The van der Waals surface area contributed by atoms with Gasteiger partial charge in [-0.05, 0) is 58.0 Å². The largest absolute Gasteiger partial charge is 0.497 e. The molecule has 0 heterocycles. The number of rotatable bonds is 4. The highest BCUT2D eigenvalue weighted by atomic mass is 79.9. The van der Waals surface area contributed by atoms with Crippen molar-refractivity contribution < 1.29 is 14.3 Å². The molecule has 0 aromatic heterocycles. The minimum atomic E-state index is -0.380. The van der Waals surface area contributed by atoms with Crippen molar-refractivity contribution in [1.29, 1.82) is 0 Å². The van der Waals surface area contributed by atoms with Gasteiger partial charge in [-0.15, -0.1) is 0 Å². The second-order valence-electron chi connectivity index (χ2n) is 4.96. The Morgan fingerprint density at radius 2 is 1.76 bits per heavy atom. The highest BCUT2D eigenvalue weighted by Crippen LogP contribution is 2.15. The number of thiocarbonyl (C=S) groups is 1. The molecular formula is C17H16BrN3O3S. The van der Waals surface area contributed by atoms with Gasteiger partial charge in [0.2, 0.25) is 5.91 Å². The number of hydrazine groups is 1. The van der Waals surface area contributed by atoms with Crippen LogP contribution in [0.2, 0.25) is 0 Å². The summed E-state index contributed by atoms with van der Waals surface area (Å²) < 4.78 is 5.71. The standard InChI is InChI=1S/C17H16BrN3O3S/c1-24-12-8-6-11(7-9-12)10-15(22)20-21-17(25)19-16(23)13-4-2-3-5-14(13)18/h2-9H,10H2,1H3,(H,20,22)(H2,19,21,23,25). The predicted octanol–water partition coefficient (Wildman–Crippen LogP) is 2.34. The first kappa shape index (κ1) is 18.9. The Morgan fingerprint density at radius 3 is 2.40 bits per heavy atom. The molecule has 0 aliphatic carbocycles. The minimum absolute atomic E-state index is 0.00355. The molecule has 0 spiro atoms. The van der Waals surface area contributed by atoms with Crippen LogP contribution in [-0.4, -0.2) is 24.0 Å². The summed E-state index contributed by atoms with van der Waals surface area (Å²) in [6.45, 7) is 0. The van der Waals surface area contributed by atoms with E-state index in [1.165, 1.54) is 0 Å². The molecule has 2 aromatic carbocycles. The molecule has 2 rings (SSSR count). The monoisotopic (exact) mass is 421 g/mol. The average Bonchev–Trinajstić information content (AvgIpc) is 2.61. The van der Waals surface area contributed by atoms with Gasteiger partial charge in [0.05, 0.1) is 19.1 Å². The number of halogens is 1. The number of carbonyl (C=O) groups is 2. The molecule has 8 heteroatoms. The van der Waals surface area contributed by atoms with Crippen LogP contribution in [0.25, 0.3) is 0 Å². The number of nitrogens with one attached hydrogen (secondary N) is 3. The molecule has 0 aliphatic rings. The van der Waals surface area contributed by atoms with E-state index in [2.05, 4.69) is 32.1 Å². The van der Waals surface area contributed by atoms with Gasteiger partial charge in [-0.1, -0.05) is 24.3 Å². The molecule has 2 aromatic rings. The van der Waals surface area contributed by atoms with E-state index in [0.717, 1.165) is 11.3 Å². The van der Waals surface area contributed by atoms with Crippen LogP contribution in [0, 0.1) is 0 Å². The van der Waals surface area contributed by atoms with Gasteiger partial charge >= 0.3 is 0 Å². The molecule has 0 atom stereocenters. The number of ether oxygens (including phenoxy) is 1. The van der Waals surface area contributed by atoms with Crippen LogP contribution >= 0.6 is 28.1 Å². The molecule has 25 heavy (non-hydrogen) atoms. The molecule has 2 amide bonds. The van der Waals surface area contributed by atoms with Crippen molar-refractivity contribution in [2.24, 2.45) is 0 Å². The number of methoxy groups -OCH3 is 1. The Labute approximate surface area is 159 Å².